The average Bonchev–Trinajstić information content (AvgIpc) is 2.37. The van der Waals surface area contributed by atoms with E-state index in [9.17, 15) is 0 Å². The van der Waals surface area contributed by atoms with Gasteiger partial charge in [-0.1, -0.05) is 37.1 Å². The minimum atomic E-state index is 0.150. The number of benzene rings is 1. The Labute approximate surface area is 118 Å². The predicted octanol–water partition coefficient (Wildman–Crippen LogP) is 2.72. The van der Waals surface area contributed by atoms with E-state index in [0.29, 0.717) is 0 Å². The third-order valence-corrected chi connectivity index (χ3v) is 2.55. The number of halogens is 1. The Kier molecular flexibility index (Phi) is 6.60. The third-order valence-electron chi connectivity index (χ3n) is 2.32. The molecular weight excluding hydrogens is 262 g/mol. The number of aromatic nitrogens is 3. The molecule has 5 nitrogen and oxygen atoms in total. The molecule has 1 heterocycles. The number of hydrogen-bond donors (Lipinski definition) is 2. The molecule has 0 spiro atoms. The van der Waals surface area contributed by atoms with Gasteiger partial charge < -0.3 is 11.5 Å². The number of anilines is 2. The fourth-order valence-electron chi connectivity index (χ4n) is 1.40. The van der Waals surface area contributed by atoms with Crippen molar-refractivity contribution >= 4 is 23.5 Å². The van der Waals surface area contributed by atoms with Gasteiger partial charge in [-0.15, -0.1) is 0 Å². The minimum absolute atomic E-state index is 0.150. The number of unbranched alkanes of at least 4 members (excludes halogenated alkanes) is 1. The highest BCUT2D eigenvalue weighted by Crippen LogP contribution is 2.12. The molecule has 1 aromatic heterocycles. The van der Waals surface area contributed by atoms with Gasteiger partial charge in [-0.25, -0.2) is 9.97 Å². The zero-order valence-electron chi connectivity index (χ0n) is 10.9. The van der Waals surface area contributed by atoms with E-state index in [1.807, 2.05) is 18.2 Å². The Hall–Kier alpha value is -1.88. The molecule has 2 rings (SSSR count). The van der Waals surface area contributed by atoms with Crippen LogP contribution in [0.2, 0.25) is 5.02 Å². The van der Waals surface area contributed by atoms with Crippen LogP contribution in [0.3, 0.4) is 0 Å². The number of rotatable bonds is 3. The van der Waals surface area contributed by atoms with Crippen LogP contribution in [-0.4, -0.2) is 15.0 Å². The molecule has 102 valence electrons. The summed E-state index contributed by atoms with van der Waals surface area (Å²) in [4.78, 5) is 10.5. The summed E-state index contributed by atoms with van der Waals surface area (Å²) >= 11 is 5.82. The Morgan fingerprint density at radius 3 is 2.32 bits per heavy atom. The molecule has 0 aliphatic carbocycles. The molecule has 1 aromatic carbocycles. The Bertz CT molecular complexity index is 487. The van der Waals surface area contributed by atoms with Crippen molar-refractivity contribution in [2.75, 3.05) is 11.5 Å². The van der Waals surface area contributed by atoms with Crippen LogP contribution in [0.5, 0.6) is 0 Å². The Balaban J connectivity index is 0.000000200. The first-order chi connectivity index (χ1) is 9.11. The number of nitrogens with two attached hydrogens (primary N) is 2. The summed E-state index contributed by atoms with van der Waals surface area (Å²) in [6, 6.07) is 8.09. The summed E-state index contributed by atoms with van der Waals surface area (Å²) in [6.45, 7) is 2.20. The summed E-state index contributed by atoms with van der Waals surface area (Å²) in [5.74, 6) is 0.301. The van der Waals surface area contributed by atoms with Gasteiger partial charge in [0.05, 0.1) is 0 Å². The first-order valence-corrected chi connectivity index (χ1v) is 6.44. The first kappa shape index (κ1) is 15.2. The van der Waals surface area contributed by atoms with Crippen LogP contribution in [0.4, 0.5) is 11.9 Å². The molecule has 0 aliphatic heterocycles. The van der Waals surface area contributed by atoms with Crippen molar-refractivity contribution in [3.05, 3.63) is 41.2 Å². The lowest BCUT2D eigenvalue weighted by Crippen LogP contribution is -2.00. The second-order valence-electron chi connectivity index (χ2n) is 3.94. The van der Waals surface area contributed by atoms with Crippen molar-refractivity contribution in [3.8, 4) is 0 Å². The number of hydrogen-bond acceptors (Lipinski definition) is 5. The zero-order chi connectivity index (χ0) is 14.1. The SMILES string of the molecule is CCCCc1cccc(Cl)c1.Nc1ncnc(N)n1. The monoisotopic (exact) mass is 279 g/mol. The predicted molar refractivity (Wildman–Crippen MR) is 78.7 cm³/mol. The van der Waals surface area contributed by atoms with E-state index in [4.69, 9.17) is 23.1 Å². The maximum Gasteiger partial charge on any atom is 0.224 e. The lowest BCUT2D eigenvalue weighted by Gasteiger charge is -1.98. The second-order valence-corrected chi connectivity index (χ2v) is 4.37. The van der Waals surface area contributed by atoms with Crippen molar-refractivity contribution in [2.45, 2.75) is 26.2 Å². The summed E-state index contributed by atoms with van der Waals surface area (Å²) in [5.41, 5.74) is 11.6. The molecule has 4 N–H and O–H groups in total. The van der Waals surface area contributed by atoms with Crippen molar-refractivity contribution in [1.82, 2.24) is 15.0 Å². The summed E-state index contributed by atoms with van der Waals surface area (Å²) in [7, 11) is 0. The molecule has 0 aliphatic rings. The molecule has 6 heteroatoms. The third kappa shape index (κ3) is 6.57. The maximum absolute atomic E-state index is 5.82. The molecule has 0 radical (unpaired) electrons. The summed E-state index contributed by atoms with van der Waals surface area (Å²) < 4.78 is 0. The molecule has 0 amide bonds. The van der Waals surface area contributed by atoms with E-state index < -0.39 is 0 Å². The van der Waals surface area contributed by atoms with Crippen molar-refractivity contribution < 1.29 is 0 Å². The lowest BCUT2D eigenvalue weighted by atomic mass is 10.1. The largest absolute Gasteiger partial charge is 0.368 e. The quantitative estimate of drug-likeness (QED) is 0.901. The van der Waals surface area contributed by atoms with Gasteiger partial charge in [-0.05, 0) is 30.5 Å². The lowest BCUT2D eigenvalue weighted by molar-refractivity contribution is 0.795. The van der Waals surface area contributed by atoms with Crippen molar-refractivity contribution in [2.24, 2.45) is 0 Å². The van der Waals surface area contributed by atoms with Gasteiger partial charge in [-0.2, -0.15) is 4.98 Å². The van der Waals surface area contributed by atoms with E-state index in [-0.39, 0.29) is 11.9 Å². The molecule has 0 atom stereocenters. The maximum atomic E-state index is 5.82. The van der Waals surface area contributed by atoms with Gasteiger partial charge in [0.15, 0.2) is 0 Å². The van der Waals surface area contributed by atoms with Crippen LogP contribution >= 0.6 is 11.6 Å². The van der Waals surface area contributed by atoms with Crippen molar-refractivity contribution in [1.29, 1.82) is 0 Å². The number of aryl methyl sites for hydroxylation is 1. The van der Waals surface area contributed by atoms with Gasteiger partial charge in [0.1, 0.15) is 6.33 Å². The Morgan fingerprint density at radius 2 is 1.84 bits per heavy atom. The highest BCUT2D eigenvalue weighted by molar-refractivity contribution is 6.30. The van der Waals surface area contributed by atoms with E-state index >= 15 is 0 Å². The molecule has 19 heavy (non-hydrogen) atoms. The molecule has 0 bridgehead atoms. The van der Waals surface area contributed by atoms with E-state index in [1.165, 1.54) is 24.7 Å². The normalized spacial score (nSPS) is 9.58. The fourth-order valence-corrected chi connectivity index (χ4v) is 1.61. The van der Waals surface area contributed by atoms with E-state index in [0.717, 1.165) is 11.4 Å². The van der Waals surface area contributed by atoms with Gasteiger partial charge in [-0.3, -0.25) is 0 Å². The average molecular weight is 280 g/mol. The first-order valence-electron chi connectivity index (χ1n) is 6.06. The van der Waals surface area contributed by atoms with Crippen LogP contribution in [0.15, 0.2) is 30.6 Å². The van der Waals surface area contributed by atoms with Crippen LogP contribution in [0, 0.1) is 0 Å². The van der Waals surface area contributed by atoms with Gasteiger partial charge in [0, 0.05) is 5.02 Å². The minimum Gasteiger partial charge on any atom is -0.368 e. The van der Waals surface area contributed by atoms with Crippen LogP contribution < -0.4 is 11.5 Å². The zero-order valence-corrected chi connectivity index (χ0v) is 11.6. The van der Waals surface area contributed by atoms with Crippen LogP contribution in [0.25, 0.3) is 0 Å². The van der Waals surface area contributed by atoms with E-state index in [2.05, 4.69) is 27.9 Å². The van der Waals surface area contributed by atoms with Gasteiger partial charge in [0.25, 0.3) is 0 Å². The topological polar surface area (TPSA) is 90.7 Å². The number of nitrogen functional groups attached to an aromatic ring is 2. The van der Waals surface area contributed by atoms with E-state index in [1.54, 1.807) is 0 Å². The molecule has 0 unspecified atom stereocenters. The van der Waals surface area contributed by atoms with Crippen LogP contribution in [0.1, 0.15) is 25.3 Å². The number of nitrogens with zero attached hydrogens (tertiary/aromatic N) is 3. The fraction of sp³-hybridized carbons (Fsp3) is 0.308. The Morgan fingerprint density at radius 1 is 1.16 bits per heavy atom. The highest BCUT2D eigenvalue weighted by Gasteiger charge is 1.92. The van der Waals surface area contributed by atoms with Crippen LogP contribution in [-0.2, 0) is 6.42 Å². The molecule has 0 fully saturated rings. The smallest absolute Gasteiger partial charge is 0.224 e. The van der Waals surface area contributed by atoms with Crippen molar-refractivity contribution in [3.63, 3.8) is 0 Å². The second kappa shape index (κ2) is 8.26. The summed E-state index contributed by atoms with van der Waals surface area (Å²) in [5, 5.41) is 0.846. The summed E-state index contributed by atoms with van der Waals surface area (Å²) in [6.07, 6.45) is 4.90. The molecule has 0 saturated heterocycles. The van der Waals surface area contributed by atoms with Gasteiger partial charge >= 0.3 is 0 Å². The molecular formula is C13H18ClN5. The van der Waals surface area contributed by atoms with Gasteiger partial charge in [0.2, 0.25) is 11.9 Å². The highest BCUT2D eigenvalue weighted by atomic mass is 35.5. The molecule has 0 saturated carbocycles. The molecule has 2 aromatic rings. The standard InChI is InChI=1S/C10H13Cl.C3H5N5/c1-2-3-5-9-6-4-7-10(11)8-9;4-2-6-1-7-3(5)8-2/h4,6-8H,2-3,5H2,1H3;1H,(H4,4,5,6,7,8).